The average Bonchev–Trinajstić information content (AvgIpc) is 2.88. The molecule has 0 amide bonds. The van der Waals surface area contributed by atoms with Crippen molar-refractivity contribution in [3.63, 3.8) is 0 Å². The number of rotatable bonds is 5. The van der Waals surface area contributed by atoms with Gasteiger partial charge in [-0.25, -0.2) is 0 Å². The summed E-state index contributed by atoms with van der Waals surface area (Å²) in [6.07, 6.45) is 3.96. The summed E-state index contributed by atoms with van der Waals surface area (Å²) in [5, 5.41) is 4.89. The predicted octanol–water partition coefficient (Wildman–Crippen LogP) is 3.54. The van der Waals surface area contributed by atoms with Crippen LogP contribution < -0.4 is 4.74 Å². The molecule has 0 saturated carbocycles. The summed E-state index contributed by atoms with van der Waals surface area (Å²) in [5.41, 5.74) is 1.11. The Balaban J connectivity index is 1.59. The number of aromatic nitrogens is 2. The van der Waals surface area contributed by atoms with E-state index >= 15 is 0 Å². The predicted molar refractivity (Wildman–Crippen MR) is 81.6 cm³/mol. The lowest BCUT2D eigenvalue weighted by Crippen LogP contribution is -2.22. The average molecular weight is 307 g/mol. The maximum atomic E-state index is 6.34. The Labute approximate surface area is 129 Å². The van der Waals surface area contributed by atoms with E-state index in [-0.39, 0.29) is 0 Å². The molecule has 1 saturated heterocycles. The Hall–Kier alpha value is -1.52. The zero-order chi connectivity index (χ0) is 14.5. The van der Waals surface area contributed by atoms with E-state index in [4.69, 9.17) is 21.1 Å². The molecule has 0 N–H and O–H groups in total. The van der Waals surface area contributed by atoms with Gasteiger partial charge in [0.2, 0.25) is 0 Å². The van der Waals surface area contributed by atoms with Crippen LogP contribution in [-0.4, -0.2) is 23.0 Å². The van der Waals surface area contributed by atoms with Gasteiger partial charge >= 0.3 is 0 Å². The zero-order valence-corrected chi connectivity index (χ0v) is 12.6. The zero-order valence-electron chi connectivity index (χ0n) is 11.9. The topological polar surface area (TPSA) is 36.3 Å². The van der Waals surface area contributed by atoms with Gasteiger partial charge in [0.25, 0.3) is 0 Å². The lowest BCUT2D eigenvalue weighted by Gasteiger charge is -2.22. The molecule has 0 bridgehead atoms. The molecular formula is C16H19ClN2O2. The van der Waals surface area contributed by atoms with Crippen molar-refractivity contribution in [3.8, 4) is 5.75 Å². The summed E-state index contributed by atoms with van der Waals surface area (Å²) in [6.45, 7) is 2.94. The number of hydrogen-bond acceptors (Lipinski definition) is 3. The number of ether oxygens (including phenoxy) is 2. The molecule has 1 aliphatic rings. The summed E-state index contributed by atoms with van der Waals surface area (Å²) in [5.74, 6) is 1.12. The third kappa shape index (κ3) is 3.77. The molecule has 5 heteroatoms. The van der Waals surface area contributed by atoms with Crippen LogP contribution in [0.15, 0.2) is 36.5 Å². The maximum Gasteiger partial charge on any atom is 0.176 e. The van der Waals surface area contributed by atoms with Crippen LogP contribution in [0.4, 0.5) is 0 Å². The monoisotopic (exact) mass is 306 g/mol. The Morgan fingerprint density at radius 2 is 2.19 bits per heavy atom. The fourth-order valence-corrected chi connectivity index (χ4v) is 2.72. The maximum absolute atomic E-state index is 6.34. The molecule has 1 aliphatic heterocycles. The molecule has 1 aromatic heterocycles. The largest absolute Gasteiger partial charge is 0.484 e. The van der Waals surface area contributed by atoms with E-state index in [1.165, 1.54) is 0 Å². The number of benzene rings is 1. The molecule has 1 atom stereocenters. The molecule has 0 aliphatic carbocycles. The Bertz CT molecular complexity index is 565. The highest BCUT2D eigenvalue weighted by Crippen LogP contribution is 2.26. The molecule has 2 aromatic rings. The highest BCUT2D eigenvalue weighted by Gasteiger charge is 2.18. The van der Waals surface area contributed by atoms with E-state index in [0.29, 0.717) is 23.4 Å². The van der Waals surface area contributed by atoms with Crippen LogP contribution in [0.25, 0.3) is 0 Å². The summed E-state index contributed by atoms with van der Waals surface area (Å²) in [6, 6.07) is 10.0. The van der Waals surface area contributed by atoms with Crippen LogP contribution in [0.1, 0.15) is 18.4 Å². The second kappa shape index (κ2) is 6.96. The minimum absolute atomic E-state index is 0.484. The van der Waals surface area contributed by atoms with Gasteiger partial charge in [0.1, 0.15) is 6.61 Å². The summed E-state index contributed by atoms with van der Waals surface area (Å²) in [4.78, 5) is 0. The van der Waals surface area contributed by atoms with E-state index in [1.807, 2.05) is 30.3 Å². The van der Waals surface area contributed by atoms with Crippen molar-refractivity contribution in [2.24, 2.45) is 5.92 Å². The van der Waals surface area contributed by atoms with E-state index in [2.05, 4.69) is 5.10 Å². The first-order valence-corrected chi connectivity index (χ1v) is 7.66. The molecule has 4 nitrogen and oxygen atoms in total. The number of hydrogen-bond donors (Lipinski definition) is 0. The van der Waals surface area contributed by atoms with Crippen LogP contribution in [0.2, 0.25) is 5.15 Å². The van der Waals surface area contributed by atoms with Gasteiger partial charge in [0.15, 0.2) is 10.9 Å². The van der Waals surface area contributed by atoms with E-state index in [1.54, 1.807) is 10.9 Å². The fourth-order valence-electron chi connectivity index (χ4n) is 2.51. The van der Waals surface area contributed by atoms with Crippen molar-refractivity contribution in [2.45, 2.75) is 26.0 Å². The van der Waals surface area contributed by atoms with Crippen molar-refractivity contribution in [3.05, 3.63) is 47.2 Å². The Kier molecular flexibility index (Phi) is 4.78. The van der Waals surface area contributed by atoms with Gasteiger partial charge in [0, 0.05) is 19.1 Å². The van der Waals surface area contributed by atoms with E-state index in [9.17, 15) is 0 Å². The first-order chi connectivity index (χ1) is 10.3. The Morgan fingerprint density at radius 1 is 1.33 bits per heavy atom. The van der Waals surface area contributed by atoms with Gasteiger partial charge < -0.3 is 9.47 Å². The van der Waals surface area contributed by atoms with Crippen LogP contribution in [-0.2, 0) is 17.9 Å². The molecule has 3 rings (SSSR count). The smallest absolute Gasteiger partial charge is 0.176 e. The van der Waals surface area contributed by atoms with Crippen molar-refractivity contribution in [1.29, 1.82) is 0 Å². The number of nitrogens with zero attached hydrogens (tertiary/aromatic N) is 2. The molecule has 21 heavy (non-hydrogen) atoms. The fraction of sp³-hybridized carbons (Fsp3) is 0.438. The van der Waals surface area contributed by atoms with Crippen molar-refractivity contribution >= 4 is 11.6 Å². The molecule has 112 valence electrons. The third-order valence-corrected chi connectivity index (χ3v) is 4.05. The first-order valence-electron chi connectivity index (χ1n) is 7.28. The third-order valence-electron chi connectivity index (χ3n) is 3.67. The van der Waals surface area contributed by atoms with Crippen LogP contribution in [0, 0.1) is 5.92 Å². The molecule has 2 heterocycles. The summed E-state index contributed by atoms with van der Waals surface area (Å²) < 4.78 is 13.0. The van der Waals surface area contributed by atoms with Crippen LogP contribution in [0.5, 0.6) is 5.75 Å². The van der Waals surface area contributed by atoms with Crippen molar-refractivity contribution < 1.29 is 9.47 Å². The number of halogens is 1. The van der Waals surface area contributed by atoms with Gasteiger partial charge in [-0.3, -0.25) is 4.68 Å². The minimum atomic E-state index is 0.484. The highest BCUT2D eigenvalue weighted by atomic mass is 35.5. The minimum Gasteiger partial charge on any atom is -0.484 e. The lowest BCUT2D eigenvalue weighted by atomic mass is 10.0. The molecule has 1 unspecified atom stereocenters. The Morgan fingerprint density at radius 3 is 2.95 bits per heavy atom. The van der Waals surface area contributed by atoms with Crippen LogP contribution in [0.3, 0.4) is 0 Å². The molecule has 1 fully saturated rings. The SMILES string of the molecule is Clc1c(OCc2ccccc2)cnn1CC1CCCOC1. The quantitative estimate of drug-likeness (QED) is 0.847. The van der Waals surface area contributed by atoms with Crippen molar-refractivity contribution in [1.82, 2.24) is 9.78 Å². The van der Waals surface area contributed by atoms with Gasteiger partial charge in [0.05, 0.1) is 12.8 Å². The van der Waals surface area contributed by atoms with E-state index < -0.39 is 0 Å². The normalized spacial score (nSPS) is 18.6. The summed E-state index contributed by atoms with van der Waals surface area (Å²) in [7, 11) is 0. The lowest BCUT2D eigenvalue weighted by molar-refractivity contribution is 0.0470. The molecule has 0 spiro atoms. The standard InChI is InChI=1S/C16H19ClN2O2/c17-16-15(21-12-13-5-2-1-3-6-13)9-18-19(16)10-14-7-4-8-20-11-14/h1-3,5-6,9,14H,4,7-8,10-12H2. The van der Waals surface area contributed by atoms with Gasteiger partial charge in [-0.1, -0.05) is 41.9 Å². The van der Waals surface area contributed by atoms with Gasteiger partial charge in [-0.15, -0.1) is 0 Å². The second-order valence-corrected chi connectivity index (χ2v) is 5.70. The highest BCUT2D eigenvalue weighted by molar-refractivity contribution is 6.31. The molecule has 1 aromatic carbocycles. The summed E-state index contributed by atoms with van der Waals surface area (Å²) >= 11 is 6.34. The second-order valence-electron chi connectivity index (χ2n) is 5.34. The van der Waals surface area contributed by atoms with Gasteiger partial charge in [-0.05, 0) is 18.4 Å². The van der Waals surface area contributed by atoms with E-state index in [0.717, 1.165) is 38.2 Å². The van der Waals surface area contributed by atoms with Gasteiger partial charge in [-0.2, -0.15) is 5.10 Å². The van der Waals surface area contributed by atoms with Crippen molar-refractivity contribution in [2.75, 3.05) is 13.2 Å². The first kappa shape index (κ1) is 14.4. The van der Waals surface area contributed by atoms with Crippen LogP contribution >= 0.6 is 11.6 Å². The molecular weight excluding hydrogens is 288 g/mol. The molecule has 0 radical (unpaired) electrons.